The first-order valence-electron chi connectivity index (χ1n) is 8.56. The number of carbonyl (C=O) groups is 2. The van der Waals surface area contributed by atoms with E-state index in [1.54, 1.807) is 11.0 Å². The molecule has 2 aromatic rings. The average Bonchev–Trinajstić information content (AvgIpc) is 3.34. The highest BCUT2D eigenvalue weighted by Gasteiger charge is 2.25. The van der Waals surface area contributed by atoms with Crippen LogP contribution in [-0.2, 0) is 22.5 Å². The van der Waals surface area contributed by atoms with Crippen LogP contribution < -0.4 is 5.32 Å². The van der Waals surface area contributed by atoms with Gasteiger partial charge in [-0.05, 0) is 48.6 Å². The number of nitrogens with one attached hydrogen (secondary N) is 1. The van der Waals surface area contributed by atoms with Gasteiger partial charge in [-0.1, -0.05) is 6.07 Å². The molecule has 0 aliphatic carbocycles. The molecule has 6 heteroatoms. The summed E-state index contributed by atoms with van der Waals surface area (Å²) in [5, 5.41) is 2.92. The molecule has 2 aliphatic rings. The second-order valence-electron chi connectivity index (χ2n) is 6.46. The molecule has 2 amide bonds. The Morgan fingerprint density at radius 3 is 2.88 bits per heavy atom. The summed E-state index contributed by atoms with van der Waals surface area (Å²) in [5.74, 6) is -0.132. The number of carbonyl (C=O) groups excluding carboxylic acids is 2. The van der Waals surface area contributed by atoms with Crippen LogP contribution in [0, 0.1) is 0 Å². The lowest BCUT2D eigenvalue weighted by Crippen LogP contribution is -2.35. The third-order valence-corrected chi connectivity index (χ3v) is 4.76. The minimum absolute atomic E-state index is 0.0341. The van der Waals surface area contributed by atoms with Crippen LogP contribution in [0.25, 0.3) is 0 Å². The van der Waals surface area contributed by atoms with Crippen LogP contribution in [0.15, 0.2) is 41.2 Å². The Hall–Kier alpha value is -2.60. The van der Waals surface area contributed by atoms with Crippen molar-refractivity contribution in [1.29, 1.82) is 0 Å². The van der Waals surface area contributed by atoms with Crippen LogP contribution in [0.1, 0.15) is 34.3 Å². The number of benzene rings is 1. The number of anilines is 1. The van der Waals surface area contributed by atoms with Gasteiger partial charge < -0.3 is 19.4 Å². The van der Waals surface area contributed by atoms with Gasteiger partial charge in [-0.15, -0.1) is 0 Å². The fourth-order valence-corrected chi connectivity index (χ4v) is 3.38. The third-order valence-electron chi connectivity index (χ3n) is 4.76. The number of rotatable bonds is 3. The number of hydrogen-bond acceptors (Lipinski definition) is 4. The van der Waals surface area contributed by atoms with Gasteiger partial charge >= 0.3 is 0 Å². The van der Waals surface area contributed by atoms with E-state index in [4.69, 9.17) is 9.15 Å². The predicted octanol–water partition coefficient (Wildman–Crippen LogP) is 2.60. The summed E-state index contributed by atoms with van der Waals surface area (Å²) >= 11 is 0. The van der Waals surface area contributed by atoms with E-state index in [0.717, 1.165) is 30.5 Å². The molecule has 0 spiro atoms. The first-order valence-corrected chi connectivity index (χ1v) is 8.56. The van der Waals surface area contributed by atoms with Crippen molar-refractivity contribution < 1.29 is 18.7 Å². The maximum absolute atomic E-state index is 12.5. The fraction of sp³-hybridized carbons (Fsp3) is 0.368. The topological polar surface area (TPSA) is 71.8 Å². The maximum atomic E-state index is 12.5. The van der Waals surface area contributed by atoms with Crippen molar-refractivity contribution >= 4 is 17.5 Å². The number of fused-ring (bicyclic) bond motifs is 1. The van der Waals surface area contributed by atoms with E-state index >= 15 is 0 Å². The fourth-order valence-electron chi connectivity index (χ4n) is 3.38. The van der Waals surface area contributed by atoms with Gasteiger partial charge in [0, 0.05) is 25.4 Å². The van der Waals surface area contributed by atoms with Crippen molar-refractivity contribution in [2.45, 2.75) is 31.9 Å². The monoisotopic (exact) mass is 340 g/mol. The van der Waals surface area contributed by atoms with Crippen molar-refractivity contribution in [3.8, 4) is 0 Å². The zero-order valence-corrected chi connectivity index (χ0v) is 13.9. The van der Waals surface area contributed by atoms with Gasteiger partial charge in [0.2, 0.25) is 0 Å². The Labute approximate surface area is 145 Å². The summed E-state index contributed by atoms with van der Waals surface area (Å²) < 4.78 is 10.4. The second kappa shape index (κ2) is 6.72. The molecule has 1 atom stereocenters. The smallest absolute Gasteiger partial charge is 0.257 e. The van der Waals surface area contributed by atoms with E-state index in [1.807, 2.05) is 18.2 Å². The summed E-state index contributed by atoms with van der Waals surface area (Å²) in [6, 6.07) is 7.58. The van der Waals surface area contributed by atoms with Gasteiger partial charge in [0.1, 0.15) is 12.4 Å². The quantitative estimate of drug-likeness (QED) is 0.932. The van der Waals surface area contributed by atoms with Crippen LogP contribution >= 0.6 is 0 Å². The molecular formula is C19H20N2O4. The van der Waals surface area contributed by atoms with Crippen molar-refractivity contribution in [3.63, 3.8) is 0 Å². The molecule has 6 nitrogen and oxygen atoms in total. The molecule has 1 saturated heterocycles. The molecule has 1 N–H and O–H groups in total. The Bertz CT molecular complexity index is 779. The molecule has 1 aromatic heterocycles. The second-order valence-corrected chi connectivity index (χ2v) is 6.46. The van der Waals surface area contributed by atoms with Crippen LogP contribution in [-0.4, -0.2) is 36.0 Å². The van der Waals surface area contributed by atoms with Crippen molar-refractivity contribution in [2.75, 3.05) is 18.5 Å². The third kappa shape index (κ3) is 3.30. The molecule has 0 saturated carbocycles. The number of amides is 2. The number of furan rings is 1. The lowest BCUT2D eigenvalue weighted by molar-refractivity contribution is -0.124. The summed E-state index contributed by atoms with van der Waals surface area (Å²) in [6.45, 7) is 1.86. The number of hydrogen-bond donors (Lipinski definition) is 1. The van der Waals surface area contributed by atoms with Crippen molar-refractivity contribution in [2.24, 2.45) is 0 Å². The largest absolute Gasteiger partial charge is 0.472 e. The van der Waals surface area contributed by atoms with Crippen LogP contribution in [0.5, 0.6) is 0 Å². The molecular weight excluding hydrogens is 320 g/mol. The first kappa shape index (κ1) is 15.9. The van der Waals surface area contributed by atoms with Crippen LogP contribution in [0.3, 0.4) is 0 Å². The maximum Gasteiger partial charge on any atom is 0.257 e. The Balaban J connectivity index is 1.47. The molecule has 3 heterocycles. The minimum atomic E-state index is -0.352. The van der Waals surface area contributed by atoms with Gasteiger partial charge in [0.25, 0.3) is 11.8 Å². The predicted molar refractivity (Wildman–Crippen MR) is 91.2 cm³/mol. The van der Waals surface area contributed by atoms with Crippen LogP contribution in [0.2, 0.25) is 0 Å². The van der Waals surface area contributed by atoms with E-state index in [-0.39, 0.29) is 17.9 Å². The number of ether oxygens (including phenoxy) is 1. The van der Waals surface area contributed by atoms with Crippen molar-refractivity contribution in [1.82, 2.24) is 4.90 Å². The molecule has 130 valence electrons. The lowest BCUT2D eigenvalue weighted by atomic mass is 9.98. The summed E-state index contributed by atoms with van der Waals surface area (Å²) in [4.78, 5) is 26.5. The Kier molecular flexibility index (Phi) is 4.28. The molecule has 25 heavy (non-hydrogen) atoms. The van der Waals surface area contributed by atoms with E-state index < -0.39 is 0 Å². The molecule has 0 radical (unpaired) electrons. The van der Waals surface area contributed by atoms with Gasteiger partial charge in [-0.2, -0.15) is 0 Å². The van der Waals surface area contributed by atoms with E-state index in [1.165, 1.54) is 18.1 Å². The van der Waals surface area contributed by atoms with Gasteiger partial charge in [0.15, 0.2) is 0 Å². The highest BCUT2D eigenvalue weighted by atomic mass is 16.5. The summed E-state index contributed by atoms with van der Waals surface area (Å²) in [5.41, 5.74) is 3.59. The van der Waals surface area contributed by atoms with Gasteiger partial charge in [-0.25, -0.2) is 0 Å². The van der Waals surface area contributed by atoms with E-state index in [2.05, 4.69) is 5.32 Å². The molecule has 0 bridgehead atoms. The minimum Gasteiger partial charge on any atom is -0.472 e. The molecule has 1 fully saturated rings. The standard InChI is InChI=1S/C19H20N2O4/c22-18(17-2-1-8-25-17)20-16-4-3-13-5-7-21(11-15(13)10-16)19(23)14-6-9-24-12-14/h3-4,6,9-10,12,17H,1-2,5,7-8,11H2,(H,20,22). The summed E-state index contributed by atoms with van der Waals surface area (Å²) in [7, 11) is 0. The Morgan fingerprint density at radius 1 is 1.20 bits per heavy atom. The van der Waals surface area contributed by atoms with Crippen molar-refractivity contribution in [3.05, 3.63) is 53.5 Å². The Morgan fingerprint density at radius 2 is 2.12 bits per heavy atom. The molecule has 4 rings (SSSR count). The highest BCUT2D eigenvalue weighted by Crippen LogP contribution is 2.24. The zero-order valence-electron chi connectivity index (χ0n) is 13.9. The normalized spacial score (nSPS) is 19.5. The van der Waals surface area contributed by atoms with Gasteiger partial charge in [0.05, 0.1) is 11.8 Å². The van der Waals surface area contributed by atoms with E-state index in [0.29, 0.717) is 25.3 Å². The lowest BCUT2D eigenvalue weighted by Gasteiger charge is -2.29. The zero-order chi connectivity index (χ0) is 17.2. The van der Waals surface area contributed by atoms with E-state index in [9.17, 15) is 9.59 Å². The van der Waals surface area contributed by atoms with Crippen LogP contribution in [0.4, 0.5) is 5.69 Å². The SMILES string of the molecule is O=C(Nc1ccc2c(c1)CN(C(=O)c1ccoc1)CC2)C1CCCO1. The molecule has 2 aliphatic heterocycles. The first-order chi connectivity index (χ1) is 12.2. The average molecular weight is 340 g/mol. The molecule has 1 aromatic carbocycles. The van der Waals surface area contributed by atoms with Gasteiger partial charge in [-0.3, -0.25) is 9.59 Å². The highest BCUT2D eigenvalue weighted by molar-refractivity contribution is 5.95. The molecule has 1 unspecified atom stereocenters. The number of nitrogens with zero attached hydrogens (tertiary/aromatic N) is 1. The summed E-state index contributed by atoms with van der Waals surface area (Å²) in [6.07, 6.45) is 5.12.